The fourth-order valence-electron chi connectivity index (χ4n) is 2.67. The SMILES string of the molecule is CCn1c(Cl)c(/C=N/NC(=O)Nc2cc(F)cc(F)c2)c2ccccc21. The minimum atomic E-state index is -0.789. The van der Waals surface area contributed by atoms with Crippen molar-refractivity contribution in [1.82, 2.24) is 9.99 Å². The van der Waals surface area contributed by atoms with Crippen LogP contribution in [-0.4, -0.2) is 16.8 Å². The lowest BCUT2D eigenvalue weighted by molar-refractivity contribution is 0.252. The highest BCUT2D eigenvalue weighted by atomic mass is 35.5. The van der Waals surface area contributed by atoms with Gasteiger partial charge in [0, 0.05) is 34.8 Å². The Balaban J connectivity index is 1.75. The highest BCUT2D eigenvalue weighted by molar-refractivity contribution is 6.34. The van der Waals surface area contributed by atoms with Crippen LogP contribution in [0.25, 0.3) is 10.9 Å². The largest absolute Gasteiger partial charge is 0.339 e. The van der Waals surface area contributed by atoms with Gasteiger partial charge in [0.1, 0.15) is 16.8 Å². The number of benzene rings is 2. The van der Waals surface area contributed by atoms with Gasteiger partial charge in [-0.3, -0.25) is 0 Å². The van der Waals surface area contributed by atoms with E-state index in [2.05, 4.69) is 15.8 Å². The second-order valence-corrected chi connectivity index (χ2v) is 5.81. The molecule has 134 valence electrons. The molecule has 2 aromatic carbocycles. The number of rotatable bonds is 4. The fourth-order valence-corrected chi connectivity index (χ4v) is 3.03. The summed E-state index contributed by atoms with van der Waals surface area (Å²) in [6.07, 6.45) is 1.43. The van der Waals surface area contributed by atoms with Crippen molar-refractivity contribution < 1.29 is 13.6 Å². The van der Waals surface area contributed by atoms with Gasteiger partial charge in [0.25, 0.3) is 0 Å². The van der Waals surface area contributed by atoms with Crippen molar-refractivity contribution in [3.8, 4) is 0 Å². The Kier molecular flexibility index (Phi) is 5.18. The van der Waals surface area contributed by atoms with Crippen molar-refractivity contribution >= 4 is 40.4 Å². The van der Waals surface area contributed by atoms with E-state index in [0.717, 1.165) is 23.0 Å². The number of hydrazone groups is 1. The lowest BCUT2D eigenvalue weighted by Gasteiger charge is -2.04. The maximum absolute atomic E-state index is 13.1. The van der Waals surface area contributed by atoms with Gasteiger partial charge in [0.05, 0.1) is 6.21 Å². The summed E-state index contributed by atoms with van der Waals surface area (Å²) in [6.45, 7) is 2.66. The Hall–Kier alpha value is -2.93. The zero-order valence-corrected chi connectivity index (χ0v) is 14.5. The van der Waals surface area contributed by atoms with E-state index in [1.807, 2.05) is 35.8 Å². The molecule has 0 atom stereocenters. The minimum absolute atomic E-state index is 0.0178. The number of fused-ring (bicyclic) bond motifs is 1. The first-order chi connectivity index (χ1) is 12.5. The molecule has 0 spiro atoms. The van der Waals surface area contributed by atoms with Crippen LogP contribution in [0.15, 0.2) is 47.6 Å². The molecule has 0 fully saturated rings. The molecule has 0 unspecified atom stereocenters. The van der Waals surface area contributed by atoms with Gasteiger partial charge in [0.15, 0.2) is 0 Å². The molecule has 1 aromatic heterocycles. The van der Waals surface area contributed by atoms with Crippen molar-refractivity contribution in [3.63, 3.8) is 0 Å². The number of carbonyl (C=O) groups excluding carboxylic acids is 1. The Bertz CT molecular complexity index is 980. The second kappa shape index (κ2) is 7.53. The molecule has 8 heteroatoms. The number of hydrogen-bond acceptors (Lipinski definition) is 2. The van der Waals surface area contributed by atoms with Gasteiger partial charge < -0.3 is 9.88 Å². The molecule has 0 aliphatic rings. The van der Waals surface area contributed by atoms with Crippen LogP contribution in [0.3, 0.4) is 0 Å². The molecule has 26 heavy (non-hydrogen) atoms. The van der Waals surface area contributed by atoms with Crippen molar-refractivity contribution in [3.05, 3.63) is 64.8 Å². The lowest BCUT2D eigenvalue weighted by Crippen LogP contribution is -2.24. The molecule has 0 aliphatic heterocycles. The average Bonchev–Trinajstić information content (AvgIpc) is 2.85. The van der Waals surface area contributed by atoms with Gasteiger partial charge in [-0.2, -0.15) is 5.10 Å². The normalized spacial score (nSPS) is 11.2. The summed E-state index contributed by atoms with van der Waals surface area (Å²) in [5.74, 6) is -1.58. The number of amides is 2. The number of halogens is 3. The standard InChI is InChI=1S/C18H15ClF2N4O/c1-2-25-16-6-4-3-5-14(16)15(17(25)19)10-22-24-18(26)23-13-8-11(20)7-12(21)9-13/h3-10H,2H2,1H3,(H2,23,24,26)/b22-10+. The Morgan fingerprint density at radius 3 is 2.62 bits per heavy atom. The molecule has 2 amide bonds. The third-order valence-electron chi connectivity index (χ3n) is 3.74. The minimum Gasteiger partial charge on any atom is -0.331 e. The van der Waals surface area contributed by atoms with E-state index in [1.165, 1.54) is 6.21 Å². The van der Waals surface area contributed by atoms with Gasteiger partial charge in [-0.1, -0.05) is 29.8 Å². The molecule has 3 aromatic rings. The third kappa shape index (κ3) is 3.67. The fraction of sp³-hybridized carbons (Fsp3) is 0.111. The second-order valence-electron chi connectivity index (χ2n) is 5.45. The highest BCUT2D eigenvalue weighted by Gasteiger charge is 2.12. The van der Waals surface area contributed by atoms with Crippen LogP contribution in [0.5, 0.6) is 0 Å². The number of urea groups is 1. The van der Waals surface area contributed by atoms with Gasteiger partial charge >= 0.3 is 6.03 Å². The summed E-state index contributed by atoms with van der Waals surface area (Å²) in [6, 6.07) is 9.62. The molecule has 1 heterocycles. The quantitative estimate of drug-likeness (QED) is 0.501. The summed E-state index contributed by atoms with van der Waals surface area (Å²) in [5, 5.41) is 7.57. The summed E-state index contributed by atoms with van der Waals surface area (Å²) in [4.78, 5) is 11.8. The first kappa shape index (κ1) is 17.9. The molecule has 0 radical (unpaired) electrons. The van der Waals surface area contributed by atoms with Crippen LogP contribution in [-0.2, 0) is 6.54 Å². The first-order valence-electron chi connectivity index (χ1n) is 7.82. The maximum atomic E-state index is 13.1. The zero-order chi connectivity index (χ0) is 18.7. The Morgan fingerprint density at radius 1 is 1.23 bits per heavy atom. The number of anilines is 1. The van der Waals surface area contributed by atoms with E-state index in [9.17, 15) is 13.6 Å². The molecule has 2 N–H and O–H groups in total. The monoisotopic (exact) mass is 376 g/mol. The van der Waals surface area contributed by atoms with Gasteiger partial charge in [0.2, 0.25) is 0 Å². The molecule has 0 bridgehead atoms. The highest BCUT2D eigenvalue weighted by Crippen LogP contribution is 2.28. The number of nitrogens with zero attached hydrogens (tertiary/aromatic N) is 2. The van der Waals surface area contributed by atoms with Crippen molar-refractivity contribution in [2.45, 2.75) is 13.5 Å². The first-order valence-corrected chi connectivity index (χ1v) is 8.20. The third-order valence-corrected chi connectivity index (χ3v) is 4.15. The molecular formula is C18H15ClF2N4O. The number of aromatic nitrogens is 1. The van der Waals surface area contributed by atoms with E-state index < -0.39 is 17.7 Å². The maximum Gasteiger partial charge on any atom is 0.339 e. The van der Waals surface area contributed by atoms with Crippen LogP contribution < -0.4 is 10.7 Å². The van der Waals surface area contributed by atoms with E-state index >= 15 is 0 Å². The molecule has 0 aliphatic carbocycles. The van der Waals surface area contributed by atoms with E-state index in [0.29, 0.717) is 23.3 Å². The molecule has 3 rings (SSSR count). The van der Waals surface area contributed by atoms with Crippen molar-refractivity contribution in [2.75, 3.05) is 5.32 Å². The van der Waals surface area contributed by atoms with E-state index in [1.54, 1.807) is 0 Å². The van der Waals surface area contributed by atoms with E-state index in [4.69, 9.17) is 11.6 Å². The average molecular weight is 377 g/mol. The lowest BCUT2D eigenvalue weighted by atomic mass is 10.2. The topological polar surface area (TPSA) is 58.4 Å². The smallest absolute Gasteiger partial charge is 0.331 e. The van der Waals surface area contributed by atoms with Crippen LogP contribution in [0.2, 0.25) is 5.15 Å². The summed E-state index contributed by atoms with van der Waals surface area (Å²) in [5.41, 5.74) is 3.85. The van der Waals surface area contributed by atoms with Gasteiger partial charge in [-0.05, 0) is 25.1 Å². The summed E-state index contributed by atoms with van der Waals surface area (Å²) >= 11 is 6.39. The Labute approximate surface area is 153 Å². The predicted molar refractivity (Wildman–Crippen MR) is 98.7 cm³/mol. The van der Waals surface area contributed by atoms with Gasteiger partial charge in [-0.25, -0.2) is 19.0 Å². The number of carbonyl (C=O) groups is 1. The predicted octanol–water partition coefficient (Wildman–Crippen LogP) is 4.75. The number of nitrogens with one attached hydrogen (secondary N) is 2. The van der Waals surface area contributed by atoms with Crippen LogP contribution in [0.1, 0.15) is 12.5 Å². The molecule has 0 saturated heterocycles. The number of aryl methyl sites for hydroxylation is 1. The van der Waals surface area contributed by atoms with E-state index in [-0.39, 0.29) is 5.69 Å². The molecular weight excluding hydrogens is 362 g/mol. The molecule has 5 nitrogen and oxygen atoms in total. The molecule has 0 saturated carbocycles. The van der Waals surface area contributed by atoms with Crippen LogP contribution >= 0.6 is 11.6 Å². The van der Waals surface area contributed by atoms with Crippen LogP contribution in [0.4, 0.5) is 19.3 Å². The summed E-state index contributed by atoms with van der Waals surface area (Å²) in [7, 11) is 0. The van der Waals surface area contributed by atoms with Gasteiger partial charge in [-0.15, -0.1) is 0 Å². The number of para-hydroxylation sites is 1. The van der Waals surface area contributed by atoms with Crippen LogP contribution in [0, 0.1) is 11.6 Å². The number of hydrogen-bond donors (Lipinski definition) is 2. The zero-order valence-electron chi connectivity index (χ0n) is 13.8. The van der Waals surface area contributed by atoms with Crippen molar-refractivity contribution in [1.29, 1.82) is 0 Å². The van der Waals surface area contributed by atoms with Crippen molar-refractivity contribution in [2.24, 2.45) is 5.10 Å². The summed E-state index contributed by atoms with van der Waals surface area (Å²) < 4.78 is 28.2. The Morgan fingerprint density at radius 2 is 1.92 bits per heavy atom.